The Balaban J connectivity index is 2.55. The summed E-state index contributed by atoms with van der Waals surface area (Å²) in [4.78, 5) is 17.1. The van der Waals surface area contributed by atoms with E-state index in [0.717, 1.165) is 5.56 Å². The first-order valence-corrected chi connectivity index (χ1v) is 6.73. The molecule has 3 N–H and O–H groups in total. The van der Waals surface area contributed by atoms with Crippen molar-refractivity contribution in [3.05, 3.63) is 45.9 Å². The van der Waals surface area contributed by atoms with Crippen molar-refractivity contribution < 1.29 is 9.67 Å². The van der Waals surface area contributed by atoms with Crippen LogP contribution in [0, 0.1) is 18.3 Å². The molecule has 0 unspecified atom stereocenters. The van der Waals surface area contributed by atoms with E-state index in [9.17, 15) is 15.2 Å². The minimum absolute atomic E-state index is 0.159. The highest BCUT2D eigenvalue weighted by Gasteiger charge is 2.20. The highest BCUT2D eigenvalue weighted by molar-refractivity contribution is 5.76. The summed E-state index contributed by atoms with van der Waals surface area (Å²) >= 11 is 0. The van der Waals surface area contributed by atoms with Crippen molar-refractivity contribution >= 4 is 22.5 Å². The number of aryl methyl sites for hydroxylation is 1. The van der Waals surface area contributed by atoms with Crippen LogP contribution in [-0.4, -0.2) is 21.1 Å². The van der Waals surface area contributed by atoms with Crippen molar-refractivity contribution in [1.29, 1.82) is 5.26 Å². The number of nitrogen functional groups attached to an aromatic ring is 1. The summed E-state index contributed by atoms with van der Waals surface area (Å²) in [6.07, 6.45) is 1.70. The third kappa shape index (κ3) is 1.98. The Kier molecular flexibility index (Phi) is 3.23. The van der Waals surface area contributed by atoms with Gasteiger partial charge >= 0.3 is 0 Å². The van der Waals surface area contributed by atoms with Gasteiger partial charge in [-0.05, 0) is 24.6 Å². The zero-order valence-corrected chi connectivity index (χ0v) is 11.9. The van der Waals surface area contributed by atoms with E-state index in [4.69, 9.17) is 5.73 Å². The molecule has 0 aliphatic rings. The van der Waals surface area contributed by atoms with Gasteiger partial charge in [0, 0.05) is 6.20 Å². The van der Waals surface area contributed by atoms with Crippen LogP contribution in [0.1, 0.15) is 11.1 Å². The first-order chi connectivity index (χ1) is 10.6. The molecule has 22 heavy (non-hydrogen) atoms. The Morgan fingerprint density at radius 2 is 2.27 bits per heavy atom. The summed E-state index contributed by atoms with van der Waals surface area (Å²) in [6, 6.07) is 7.02. The Bertz CT molecular complexity index is 1000. The van der Waals surface area contributed by atoms with Gasteiger partial charge in [0.1, 0.15) is 17.0 Å². The van der Waals surface area contributed by atoms with E-state index >= 15 is 0 Å². The van der Waals surface area contributed by atoms with Crippen molar-refractivity contribution in [3.8, 4) is 6.07 Å². The number of aliphatic hydroxyl groups excluding tert-OH is 1. The number of anilines is 1. The maximum Gasteiger partial charge on any atom is 0.278 e. The molecule has 0 bridgehead atoms. The zero-order chi connectivity index (χ0) is 15.9. The highest BCUT2D eigenvalue weighted by atomic mass is 16.3. The minimum Gasteiger partial charge on any atom is -0.393 e. The minimum atomic E-state index is -0.271. The number of aliphatic hydroxyl groups is 1. The smallest absolute Gasteiger partial charge is 0.278 e. The quantitative estimate of drug-likeness (QED) is 0.506. The van der Waals surface area contributed by atoms with Crippen molar-refractivity contribution in [2.45, 2.75) is 13.5 Å². The second-order valence-corrected chi connectivity index (χ2v) is 5.02. The SMILES string of the molecule is Cc1ccc2nc3c(cc(C#N)c(N)[n+]3CCO)c(=O)n2c1. The molecule has 3 aromatic rings. The number of hydrogen-bond acceptors (Lipinski definition) is 5. The molecular weight excluding hydrogens is 282 g/mol. The first kappa shape index (κ1) is 14.0. The average molecular weight is 296 g/mol. The average Bonchev–Trinajstić information content (AvgIpc) is 2.51. The van der Waals surface area contributed by atoms with Gasteiger partial charge in [-0.15, -0.1) is 0 Å². The monoisotopic (exact) mass is 296 g/mol. The van der Waals surface area contributed by atoms with Crippen molar-refractivity contribution in [3.63, 3.8) is 0 Å². The van der Waals surface area contributed by atoms with Crippen molar-refractivity contribution in [1.82, 2.24) is 9.38 Å². The summed E-state index contributed by atoms with van der Waals surface area (Å²) in [5.74, 6) is 0.187. The van der Waals surface area contributed by atoms with Gasteiger partial charge in [0.2, 0.25) is 11.5 Å². The topological polar surface area (TPSA) is 108 Å². The normalized spacial score (nSPS) is 11.0. The Labute approximate surface area is 125 Å². The molecule has 7 nitrogen and oxygen atoms in total. The van der Waals surface area contributed by atoms with Gasteiger partial charge in [-0.2, -0.15) is 5.26 Å². The summed E-state index contributed by atoms with van der Waals surface area (Å²) in [5.41, 5.74) is 7.63. The fraction of sp³-hybridized carbons (Fsp3) is 0.200. The molecule has 0 saturated heterocycles. The molecule has 0 fully saturated rings. The van der Waals surface area contributed by atoms with Gasteiger partial charge in [0.25, 0.3) is 11.2 Å². The number of hydrogen-bond donors (Lipinski definition) is 2. The highest BCUT2D eigenvalue weighted by Crippen LogP contribution is 2.13. The van der Waals surface area contributed by atoms with Crippen LogP contribution in [0.3, 0.4) is 0 Å². The third-order valence-electron chi connectivity index (χ3n) is 3.54. The fourth-order valence-corrected chi connectivity index (χ4v) is 2.47. The lowest BCUT2D eigenvalue weighted by molar-refractivity contribution is -0.660. The summed E-state index contributed by atoms with van der Waals surface area (Å²) in [5, 5.41) is 18.7. The van der Waals surface area contributed by atoms with Crippen LogP contribution in [-0.2, 0) is 6.54 Å². The number of nitriles is 1. The van der Waals surface area contributed by atoms with Crippen LogP contribution in [0.2, 0.25) is 0 Å². The summed E-state index contributed by atoms with van der Waals surface area (Å²) < 4.78 is 2.94. The first-order valence-electron chi connectivity index (χ1n) is 6.73. The molecule has 0 aromatic carbocycles. The molecule has 0 aliphatic carbocycles. The van der Waals surface area contributed by atoms with E-state index in [1.807, 2.05) is 19.1 Å². The number of pyridine rings is 2. The number of fused-ring (bicyclic) bond motifs is 2. The standard InChI is InChI=1S/C15H13N5O2/c1-9-2-3-12-18-14-11(15(22)20(12)8-9)6-10(7-16)13(17)19(14)4-5-21/h2-3,6,8,17,21H,4-5H2,1H3/p+1. The van der Waals surface area contributed by atoms with Gasteiger partial charge < -0.3 is 10.8 Å². The van der Waals surface area contributed by atoms with Crippen LogP contribution in [0.15, 0.2) is 29.2 Å². The molecule has 3 rings (SSSR count). The predicted octanol–water partition coefficient (Wildman–Crippen LogP) is -0.110. The van der Waals surface area contributed by atoms with Crippen LogP contribution in [0.4, 0.5) is 5.82 Å². The molecule has 3 aromatic heterocycles. The predicted molar refractivity (Wildman–Crippen MR) is 80.1 cm³/mol. The number of nitrogens with two attached hydrogens (primary N) is 1. The van der Waals surface area contributed by atoms with Crippen LogP contribution >= 0.6 is 0 Å². The maximum absolute atomic E-state index is 12.7. The largest absolute Gasteiger partial charge is 0.393 e. The Morgan fingerprint density at radius 3 is 2.95 bits per heavy atom. The van der Waals surface area contributed by atoms with E-state index in [1.54, 1.807) is 12.3 Å². The lowest BCUT2D eigenvalue weighted by Crippen LogP contribution is -2.42. The second-order valence-electron chi connectivity index (χ2n) is 5.02. The Hall–Kier alpha value is -2.98. The van der Waals surface area contributed by atoms with Gasteiger partial charge in [-0.3, -0.25) is 9.20 Å². The van der Waals surface area contributed by atoms with E-state index in [2.05, 4.69) is 4.98 Å². The van der Waals surface area contributed by atoms with E-state index in [-0.39, 0.29) is 30.1 Å². The second kappa shape index (κ2) is 5.09. The zero-order valence-electron chi connectivity index (χ0n) is 11.9. The van der Waals surface area contributed by atoms with E-state index in [0.29, 0.717) is 16.7 Å². The van der Waals surface area contributed by atoms with E-state index in [1.165, 1.54) is 15.0 Å². The summed E-state index contributed by atoms with van der Waals surface area (Å²) in [6.45, 7) is 1.87. The van der Waals surface area contributed by atoms with Crippen molar-refractivity contribution in [2.75, 3.05) is 12.3 Å². The summed E-state index contributed by atoms with van der Waals surface area (Å²) in [7, 11) is 0. The van der Waals surface area contributed by atoms with Crippen LogP contribution in [0.25, 0.3) is 16.7 Å². The van der Waals surface area contributed by atoms with Crippen LogP contribution < -0.4 is 15.9 Å². The van der Waals surface area contributed by atoms with Crippen LogP contribution in [0.5, 0.6) is 0 Å². The van der Waals surface area contributed by atoms with Gasteiger partial charge in [0.05, 0.1) is 13.2 Å². The van der Waals surface area contributed by atoms with Crippen molar-refractivity contribution in [2.24, 2.45) is 0 Å². The molecule has 0 saturated carbocycles. The number of rotatable bonds is 2. The molecule has 0 amide bonds. The third-order valence-corrected chi connectivity index (χ3v) is 3.54. The number of aromatic nitrogens is 3. The fourth-order valence-electron chi connectivity index (χ4n) is 2.47. The molecule has 7 heteroatoms. The van der Waals surface area contributed by atoms with Gasteiger partial charge in [-0.25, -0.2) is 4.57 Å². The number of nitrogens with zero attached hydrogens (tertiary/aromatic N) is 4. The van der Waals surface area contributed by atoms with Gasteiger partial charge in [0.15, 0.2) is 0 Å². The molecule has 0 aliphatic heterocycles. The Morgan fingerprint density at radius 1 is 1.50 bits per heavy atom. The van der Waals surface area contributed by atoms with E-state index < -0.39 is 0 Å². The molecule has 110 valence electrons. The molecule has 0 spiro atoms. The molecule has 0 atom stereocenters. The maximum atomic E-state index is 12.7. The molecular formula is C15H14N5O2+. The van der Waals surface area contributed by atoms with Gasteiger partial charge in [-0.1, -0.05) is 11.1 Å². The lowest BCUT2D eigenvalue weighted by Gasteiger charge is -2.08. The molecule has 0 radical (unpaired) electrons. The molecule has 3 heterocycles. The lowest BCUT2D eigenvalue weighted by atomic mass is 10.2.